The second-order valence-corrected chi connectivity index (χ2v) is 9.95. The first-order valence-corrected chi connectivity index (χ1v) is 14.9. The van der Waals surface area contributed by atoms with E-state index < -0.39 is 11.9 Å². The van der Waals surface area contributed by atoms with Gasteiger partial charge < -0.3 is 33.1 Å². The highest BCUT2D eigenvalue weighted by molar-refractivity contribution is 5.97. The van der Waals surface area contributed by atoms with Crippen molar-refractivity contribution in [3.05, 3.63) is 0 Å². The maximum Gasteiger partial charge on any atom is 0.300 e. The standard InChI is InChI=1S/C24H52N10.2C2H4O2/c1-5-7-11-15-19(3)31-23(27)33-21(25)29-17-13-9-10-14-18-30-22(26)34-24(28)32-20(4)16-12-8-6-2;2*1-2(3)4/h19-20H,5-18H2,1-4H3,(H5,25,27,29,31,33)(H5,26,28,30,32,34);2*1H3,(H,3,4). The molecule has 0 fully saturated rings. The Labute approximate surface area is 253 Å². The van der Waals surface area contributed by atoms with Gasteiger partial charge in [0.2, 0.25) is 0 Å². The molecule has 0 heterocycles. The molecule has 12 N–H and O–H groups in total. The Morgan fingerprint density at radius 2 is 0.905 bits per heavy atom. The lowest BCUT2D eigenvalue weighted by atomic mass is 10.1. The molecule has 0 aromatic rings. The Morgan fingerprint density at radius 3 is 1.19 bits per heavy atom. The highest BCUT2D eigenvalue weighted by Crippen LogP contribution is 2.06. The summed E-state index contributed by atoms with van der Waals surface area (Å²) in [5.74, 6) is -0.398. The topological polar surface area (TPSA) is 252 Å². The van der Waals surface area contributed by atoms with Gasteiger partial charge in [-0.2, -0.15) is 0 Å². The van der Waals surface area contributed by atoms with Gasteiger partial charge in [-0.1, -0.05) is 65.2 Å². The van der Waals surface area contributed by atoms with Gasteiger partial charge in [0.25, 0.3) is 11.9 Å². The van der Waals surface area contributed by atoms with Gasteiger partial charge in [-0.15, -0.1) is 0 Å². The van der Waals surface area contributed by atoms with Crippen LogP contribution in [0.5, 0.6) is 0 Å². The smallest absolute Gasteiger partial charge is 0.300 e. The lowest BCUT2D eigenvalue weighted by Gasteiger charge is -2.09. The molecule has 0 spiro atoms. The van der Waals surface area contributed by atoms with Gasteiger partial charge in [0.15, 0.2) is 23.8 Å². The normalized spacial score (nSPS) is 13.6. The van der Waals surface area contributed by atoms with Crippen LogP contribution in [0.2, 0.25) is 0 Å². The number of nitrogens with one attached hydrogen (secondary N) is 2. The monoisotopic (exact) mass is 600 g/mol. The van der Waals surface area contributed by atoms with Crippen molar-refractivity contribution in [1.82, 2.24) is 10.6 Å². The number of aliphatic imine (C=N–C) groups is 4. The van der Waals surface area contributed by atoms with Crippen molar-refractivity contribution in [1.29, 1.82) is 0 Å². The van der Waals surface area contributed by atoms with Crippen molar-refractivity contribution in [3.63, 3.8) is 0 Å². The molecular formula is C28H60N10O4. The van der Waals surface area contributed by atoms with Gasteiger partial charge in [0.1, 0.15) is 0 Å². The third kappa shape index (κ3) is 40.9. The fourth-order valence-electron chi connectivity index (χ4n) is 3.37. The number of carboxylic acids is 2. The second kappa shape index (κ2) is 30.4. The van der Waals surface area contributed by atoms with Crippen molar-refractivity contribution in [2.75, 3.05) is 13.1 Å². The number of hydrogen-bond acceptors (Lipinski definition) is 6. The van der Waals surface area contributed by atoms with Crippen LogP contribution in [0.1, 0.15) is 119 Å². The van der Waals surface area contributed by atoms with Gasteiger partial charge in [-0.3, -0.25) is 40.2 Å². The van der Waals surface area contributed by atoms with Crippen molar-refractivity contribution in [3.8, 4) is 0 Å². The molecule has 0 bridgehead atoms. The number of carbonyl (C=O) groups is 2. The van der Waals surface area contributed by atoms with E-state index in [9.17, 15) is 0 Å². The molecule has 2 unspecified atom stereocenters. The molecule has 0 aromatic carbocycles. The predicted octanol–water partition coefficient (Wildman–Crippen LogP) is 3.10. The first kappa shape index (κ1) is 42.9. The largest absolute Gasteiger partial charge is 0.481 e. The third-order valence-electron chi connectivity index (χ3n) is 5.31. The van der Waals surface area contributed by atoms with Gasteiger partial charge >= 0.3 is 0 Å². The number of nitrogens with zero attached hydrogens (tertiary/aromatic N) is 4. The zero-order valence-corrected chi connectivity index (χ0v) is 26.9. The second-order valence-electron chi connectivity index (χ2n) is 9.95. The molecule has 14 heteroatoms. The summed E-state index contributed by atoms with van der Waals surface area (Å²) in [6.07, 6.45) is 13.2. The summed E-state index contributed by atoms with van der Waals surface area (Å²) in [7, 11) is 0. The van der Waals surface area contributed by atoms with E-state index >= 15 is 0 Å². The van der Waals surface area contributed by atoms with Crippen molar-refractivity contribution < 1.29 is 19.8 Å². The van der Waals surface area contributed by atoms with Crippen LogP contribution < -0.4 is 33.6 Å². The average molecular weight is 601 g/mol. The summed E-state index contributed by atoms with van der Waals surface area (Å²) in [4.78, 5) is 35.4. The van der Waals surface area contributed by atoms with Crippen molar-refractivity contribution >= 4 is 35.8 Å². The number of rotatable bonds is 17. The number of guanidine groups is 4. The summed E-state index contributed by atoms with van der Waals surface area (Å²) in [5.41, 5.74) is 23.6. The number of carboxylic acid groups (broad SMARTS) is 2. The SMILES string of the molecule is CC(=O)O.CC(=O)O.CCCCCC(C)N=C(N)NC(N)=NCCCCCCN=C(N)NC(N)=NC(C)CCCCC. The molecule has 2 atom stereocenters. The minimum atomic E-state index is -0.833. The van der Waals surface area contributed by atoms with E-state index in [0.29, 0.717) is 36.9 Å². The summed E-state index contributed by atoms with van der Waals surface area (Å²) < 4.78 is 0. The first-order valence-electron chi connectivity index (χ1n) is 14.9. The molecule has 0 aliphatic heterocycles. The number of hydrogen-bond donors (Lipinski definition) is 8. The zero-order valence-electron chi connectivity index (χ0n) is 26.9. The molecule has 0 rings (SSSR count). The van der Waals surface area contributed by atoms with E-state index in [4.69, 9.17) is 42.7 Å². The Morgan fingerprint density at radius 1 is 0.595 bits per heavy atom. The van der Waals surface area contributed by atoms with Crippen molar-refractivity contribution in [2.24, 2.45) is 42.9 Å². The minimum Gasteiger partial charge on any atom is -0.481 e. The van der Waals surface area contributed by atoms with E-state index in [1.165, 1.54) is 25.7 Å². The van der Waals surface area contributed by atoms with Crippen LogP contribution in [-0.4, -0.2) is 71.2 Å². The van der Waals surface area contributed by atoms with Crippen LogP contribution in [0, 0.1) is 0 Å². The van der Waals surface area contributed by atoms with Crippen LogP contribution in [0.25, 0.3) is 0 Å². The molecule has 0 aromatic heterocycles. The Balaban J connectivity index is -0.00000167. The minimum absolute atomic E-state index is 0.182. The summed E-state index contributed by atoms with van der Waals surface area (Å²) in [6, 6.07) is 0.364. The van der Waals surface area contributed by atoms with Crippen LogP contribution in [-0.2, 0) is 9.59 Å². The van der Waals surface area contributed by atoms with E-state index in [1.807, 2.05) is 0 Å². The average Bonchev–Trinajstić information content (AvgIpc) is 2.85. The highest BCUT2D eigenvalue weighted by atomic mass is 16.4. The van der Waals surface area contributed by atoms with Gasteiger partial charge in [0, 0.05) is 26.9 Å². The number of nitrogens with two attached hydrogens (primary N) is 4. The van der Waals surface area contributed by atoms with Crippen LogP contribution in [0.15, 0.2) is 20.0 Å². The molecule has 0 radical (unpaired) electrons. The van der Waals surface area contributed by atoms with Gasteiger partial charge in [0.05, 0.1) is 12.1 Å². The van der Waals surface area contributed by atoms with Gasteiger partial charge in [-0.25, -0.2) is 0 Å². The molecule has 246 valence electrons. The Hall–Kier alpha value is -3.58. The zero-order chi connectivity index (χ0) is 32.8. The third-order valence-corrected chi connectivity index (χ3v) is 5.31. The molecule has 0 saturated carbocycles. The van der Waals surface area contributed by atoms with E-state index in [0.717, 1.165) is 65.2 Å². The number of aliphatic carboxylic acids is 2. The lowest BCUT2D eigenvalue weighted by molar-refractivity contribution is -0.135. The molecule has 42 heavy (non-hydrogen) atoms. The van der Waals surface area contributed by atoms with Gasteiger partial charge in [-0.05, 0) is 39.5 Å². The fourth-order valence-corrected chi connectivity index (χ4v) is 3.37. The van der Waals surface area contributed by atoms with E-state index in [1.54, 1.807) is 0 Å². The predicted molar refractivity (Wildman–Crippen MR) is 175 cm³/mol. The summed E-state index contributed by atoms with van der Waals surface area (Å²) in [5, 5.41) is 20.6. The lowest BCUT2D eigenvalue weighted by Crippen LogP contribution is -2.42. The van der Waals surface area contributed by atoms with Crippen molar-refractivity contribution in [2.45, 2.75) is 131 Å². The van der Waals surface area contributed by atoms with Crippen LogP contribution >= 0.6 is 0 Å². The van der Waals surface area contributed by atoms with Crippen LogP contribution in [0.4, 0.5) is 0 Å². The summed E-state index contributed by atoms with van der Waals surface area (Å²) in [6.45, 7) is 12.0. The molecule has 14 nitrogen and oxygen atoms in total. The molecule has 0 aliphatic rings. The first-order chi connectivity index (χ1) is 19.7. The maximum atomic E-state index is 9.00. The number of unbranched alkanes of at least 4 members (excludes halogenated alkanes) is 7. The van der Waals surface area contributed by atoms with E-state index in [-0.39, 0.29) is 12.1 Å². The highest BCUT2D eigenvalue weighted by Gasteiger charge is 2.03. The Bertz CT molecular complexity index is 743. The van der Waals surface area contributed by atoms with Crippen LogP contribution in [0.3, 0.4) is 0 Å². The summed E-state index contributed by atoms with van der Waals surface area (Å²) >= 11 is 0. The fraction of sp³-hybridized carbons (Fsp3) is 0.786. The van der Waals surface area contributed by atoms with E-state index in [2.05, 4.69) is 58.3 Å². The molecular weight excluding hydrogens is 540 g/mol. The molecule has 0 amide bonds. The Kier molecular flexibility index (Phi) is 31.0. The molecule has 0 saturated heterocycles. The maximum absolute atomic E-state index is 9.00. The quantitative estimate of drug-likeness (QED) is 0.0687. The molecule has 0 aliphatic carbocycles.